The van der Waals surface area contributed by atoms with Crippen molar-refractivity contribution in [1.82, 2.24) is 35.2 Å². The Morgan fingerprint density at radius 3 is 2.61 bits per heavy atom. The van der Waals surface area contributed by atoms with E-state index in [0.717, 1.165) is 83.1 Å². The van der Waals surface area contributed by atoms with Gasteiger partial charge in [0, 0.05) is 90.4 Å². The molecule has 4 aromatic rings. The van der Waals surface area contributed by atoms with Gasteiger partial charge >= 0.3 is 5.97 Å². The molecule has 2 saturated heterocycles. The molecular weight excluding hydrogens is 775 g/mol. The predicted molar refractivity (Wildman–Crippen MR) is 225 cm³/mol. The van der Waals surface area contributed by atoms with Crippen LogP contribution in [0, 0.1) is 17.3 Å². The summed E-state index contributed by atoms with van der Waals surface area (Å²) >= 11 is 1.39. The van der Waals surface area contributed by atoms with E-state index < -0.39 is 53.5 Å². The van der Waals surface area contributed by atoms with Gasteiger partial charge < -0.3 is 24.4 Å². The van der Waals surface area contributed by atoms with Crippen LogP contribution in [-0.2, 0) is 38.5 Å². The third kappa shape index (κ3) is 8.47. The minimum absolute atomic E-state index is 0.0707. The highest BCUT2D eigenvalue weighted by atomic mass is 32.1. The monoisotopic (exact) mass is 830 g/mol. The van der Waals surface area contributed by atoms with E-state index in [9.17, 15) is 23.2 Å². The van der Waals surface area contributed by atoms with Gasteiger partial charge in [0.2, 0.25) is 12.3 Å². The van der Waals surface area contributed by atoms with Crippen molar-refractivity contribution in [3.8, 4) is 22.5 Å². The van der Waals surface area contributed by atoms with Crippen LogP contribution >= 0.6 is 11.3 Å². The summed E-state index contributed by atoms with van der Waals surface area (Å²) in [6.07, 6.45) is 1.20. The van der Waals surface area contributed by atoms with Crippen LogP contribution in [0.5, 0.6) is 0 Å². The number of fused-ring (bicyclic) bond motifs is 6. The first-order valence-corrected chi connectivity index (χ1v) is 22.0. The molecule has 4 atom stereocenters. The van der Waals surface area contributed by atoms with Crippen molar-refractivity contribution in [3.05, 3.63) is 52.1 Å². The molecule has 0 unspecified atom stereocenters. The summed E-state index contributed by atoms with van der Waals surface area (Å²) in [5, 5.41) is 7.82. The Hall–Kier alpha value is -4.47. The first-order valence-electron chi connectivity index (χ1n) is 21.1. The highest BCUT2D eigenvalue weighted by Crippen LogP contribution is 2.44. The number of carbonyl (C=O) groups excluding carboxylic acids is 3. The van der Waals surface area contributed by atoms with Gasteiger partial charge in [0.15, 0.2) is 0 Å². The molecule has 0 radical (unpaired) electrons. The Morgan fingerprint density at radius 2 is 1.90 bits per heavy atom. The average Bonchev–Trinajstić information content (AvgIpc) is 3.82. The van der Waals surface area contributed by atoms with E-state index in [2.05, 4.69) is 91.0 Å². The molecule has 3 aromatic heterocycles. The number of thiazole rings is 1. The molecule has 59 heavy (non-hydrogen) atoms. The largest absolute Gasteiger partial charge is 0.464 e. The number of nitrogens with zero attached hydrogens (tertiary/aromatic N) is 6. The van der Waals surface area contributed by atoms with Gasteiger partial charge in [0.05, 0.1) is 40.6 Å². The second-order valence-corrected chi connectivity index (χ2v) is 18.8. The van der Waals surface area contributed by atoms with Gasteiger partial charge in [-0.3, -0.25) is 24.4 Å². The van der Waals surface area contributed by atoms with Gasteiger partial charge in [-0.05, 0) is 69.3 Å². The molecule has 1 saturated carbocycles. The van der Waals surface area contributed by atoms with Gasteiger partial charge in [-0.15, -0.1) is 11.3 Å². The molecule has 3 aliphatic heterocycles. The quantitative estimate of drug-likeness (QED) is 0.208. The van der Waals surface area contributed by atoms with E-state index in [4.69, 9.17) is 14.7 Å². The molecule has 6 heterocycles. The summed E-state index contributed by atoms with van der Waals surface area (Å²) in [6, 6.07) is 6.91. The number of benzene rings is 1. The lowest BCUT2D eigenvalue weighted by Crippen LogP contribution is -2.60. The number of nitrogens with one attached hydrogen (secondary N) is 2. The number of aryl methyl sites for hydroxylation is 1. The Labute approximate surface area is 348 Å². The summed E-state index contributed by atoms with van der Waals surface area (Å²) < 4.78 is 35.4. The molecular formula is C44H56F2N8O4S. The van der Waals surface area contributed by atoms with Crippen molar-refractivity contribution < 1.29 is 27.9 Å². The maximum Gasteiger partial charge on any atom is 0.324 e. The number of cyclic esters (lactones) is 1. The van der Waals surface area contributed by atoms with E-state index in [0.29, 0.717) is 30.8 Å². The number of halogens is 2. The van der Waals surface area contributed by atoms with Crippen molar-refractivity contribution in [2.75, 3.05) is 51.3 Å². The zero-order valence-electron chi connectivity index (χ0n) is 34.9. The fourth-order valence-electron chi connectivity index (χ4n) is 8.94. The van der Waals surface area contributed by atoms with Crippen LogP contribution in [0.15, 0.2) is 35.8 Å². The van der Waals surface area contributed by atoms with Gasteiger partial charge in [0.1, 0.15) is 12.1 Å². The minimum atomic E-state index is -2.60. The maximum absolute atomic E-state index is 14.1. The summed E-state index contributed by atoms with van der Waals surface area (Å²) in [5.74, 6) is -3.16. The lowest BCUT2D eigenvalue weighted by atomic mass is 9.84. The van der Waals surface area contributed by atoms with Gasteiger partial charge in [-0.2, -0.15) is 0 Å². The number of hydrazine groups is 1. The van der Waals surface area contributed by atoms with Gasteiger partial charge in [-0.1, -0.05) is 33.8 Å². The molecule has 316 valence electrons. The van der Waals surface area contributed by atoms with E-state index in [-0.39, 0.29) is 25.4 Å². The number of likely N-dealkylation sites (N-methyl/N-ethyl adjacent to an activating group) is 1. The number of aromatic nitrogens is 3. The van der Waals surface area contributed by atoms with Crippen molar-refractivity contribution in [3.63, 3.8) is 0 Å². The molecule has 1 aromatic carbocycles. The third-order valence-corrected chi connectivity index (χ3v) is 13.3. The van der Waals surface area contributed by atoms with E-state index >= 15 is 0 Å². The third-order valence-electron chi connectivity index (χ3n) is 12.4. The fraction of sp³-hybridized carbons (Fsp3) is 0.568. The number of pyridine rings is 1. The smallest absolute Gasteiger partial charge is 0.324 e. The number of alkyl halides is 2. The fourth-order valence-corrected chi connectivity index (χ4v) is 9.79. The second kappa shape index (κ2) is 16.5. The van der Waals surface area contributed by atoms with Crippen LogP contribution in [0.25, 0.3) is 33.4 Å². The van der Waals surface area contributed by atoms with Crippen LogP contribution in [-0.4, -0.2) is 107 Å². The number of ether oxygens (including phenoxy) is 1. The molecule has 12 nitrogen and oxygen atoms in total. The van der Waals surface area contributed by atoms with Crippen LogP contribution in [0.2, 0.25) is 0 Å². The highest BCUT2D eigenvalue weighted by molar-refractivity contribution is 7.10. The number of rotatable bonds is 7. The van der Waals surface area contributed by atoms with Crippen molar-refractivity contribution in [1.29, 1.82) is 0 Å². The number of hydrogen-bond acceptors (Lipinski definition) is 10. The lowest BCUT2D eigenvalue weighted by Gasteiger charge is -2.35. The van der Waals surface area contributed by atoms with E-state index in [1.165, 1.54) is 16.3 Å². The topological polar surface area (TPSA) is 125 Å². The Bertz CT molecular complexity index is 2230. The molecule has 0 spiro atoms. The molecule has 8 rings (SSSR count). The molecule has 3 fully saturated rings. The molecule has 2 amide bonds. The number of anilines is 1. The van der Waals surface area contributed by atoms with E-state index in [1.807, 2.05) is 11.6 Å². The van der Waals surface area contributed by atoms with Crippen molar-refractivity contribution in [2.24, 2.45) is 17.3 Å². The van der Waals surface area contributed by atoms with Crippen molar-refractivity contribution in [2.45, 2.75) is 97.7 Å². The van der Waals surface area contributed by atoms with Crippen LogP contribution in [0.4, 0.5) is 14.5 Å². The van der Waals surface area contributed by atoms with Crippen LogP contribution in [0.1, 0.15) is 76.1 Å². The molecule has 15 heteroatoms. The lowest BCUT2D eigenvalue weighted by molar-refractivity contribution is -0.155. The predicted octanol–water partition coefficient (Wildman–Crippen LogP) is 6.27. The Balaban J connectivity index is 1.24. The number of piperazine rings is 1. The molecule has 4 aliphatic rings. The average molecular weight is 831 g/mol. The van der Waals surface area contributed by atoms with Crippen LogP contribution < -0.4 is 15.6 Å². The molecule has 2 N–H and O–H groups in total. The van der Waals surface area contributed by atoms with Crippen LogP contribution in [0.3, 0.4) is 0 Å². The van der Waals surface area contributed by atoms with E-state index in [1.54, 1.807) is 0 Å². The SMILES string of the molecule is CCn1c(-c2cc(N3CCN(C)CC3)cnc2C(C)C)c2c3cc(ccc31)-c1csc(n1)C[C@H](NC(=O)[C@H]1C[C@@H]1C(F)F)C(=O)N1CCC[C@H](N1)C(=O)OCC(C)(C)C2. The number of carbonyl (C=O) groups is 3. The molecule has 1 aliphatic carbocycles. The number of esters is 1. The summed E-state index contributed by atoms with van der Waals surface area (Å²) in [5.41, 5.74) is 10.8. The van der Waals surface area contributed by atoms with Gasteiger partial charge in [0.25, 0.3) is 5.91 Å². The van der Waals surface area contributed by atoms with Gasteiger partial charge in [-0.25, -0.2) is 19.2 Å². The van der Waals surface area contributed by atoms with Crippen molar-refractivity contribution >= 4 is 45.7 Å². The first kappa shape index (κ1) is 41.3. The Morgan fingerprint density at radius 1 is 1.12 bits per heavy atom. The minimum Gasteiger partial charge on any atom is -0.464 e. The molecule has 6 bridgehead atoms. The standard InChI is InChI=1S/C44H56F2N8O4S/c1-7-53-36-11-10-26-17-28(36)32(39(53)31-18-27(22-47-38(31)25(2)3)52-15-13-51(6)14-16-52)21-44(4,5)24-58-43(57)33-9-8-12-54(50-33)42(56)34(20-37-48-35(26)23-59-37)49-41(55)30-19-29(30)40(45)46/h10-11,17-18,22-23,25,29-30,33-34,40,50H,7-9,12-16,19-21,24H2,1-6H3,(H,49,55)/t29-,30-,33-,34-/m0/s1. The first-order chi connectivity index (χ1) is 28.2. The summed E-state index contributed by atoms with van der Waals surface area (Å²) in [4.78, 5) is 56.0. The maximum atomic E-state index is 14.1. The summed E-state index contributed by atoms with van der Waals surface area (Å²) in [7, 11) is 2.16. The highest BCUT2D eigenvalue weighted by Gasteiger charge is 2.50. The summed E-state index contributed by atoms with van der Waals surface area (Å²) in [6.45, 7) is 15.8. The number of hydrogen-bond donors (Lipinski definition) is 2. The second-order valence-electron chi connectivity index (χ2n) is 17.9. The number of amides is 2. The normalized spacial score (nSPS) is 24.1. The zero-order valence-corrected chi connectivity index (χ0v) is 35.7. The Kier molecular flexibility index (Phi) is 11.6. The zero-order chi connectivity index (χ0) is 41.7.